The Hall–Kier alpha value is -2.73. The maximum absolute atomic E-state index is 13.0. The largest absolute Gasteiger partial charge is 0.478 e. The number of halogens is 1. The van der Waals surface area contributed by atoms with Gasteiger partial charge >= 0.3 is 5.97 Å². The van der Waals surface area contributed by atoms with Crippen LogP contribution in [0.3, 0.4) is 0 Å². The van der Waals surface area contributed by atoms with Gasteiger partial charge in [-0.2, -0.15) is 0 Å². The lowest BCUT2D eigenvalue weighted by Crippen LogP contribution is -2.44. The Bertz CT molecular complexity index is 842. The number of ether oxygens (including phenoxy) is 1. The minimum atomic E-state index is -0.977. The number of carbonyl (C=O) groups excluding carboxylic acids is 1. The van der Waals surface area contributed by atoms with Crippen molar-refractivity contribution in [2.24, 2.45) is 5.92 Å². The number of amides is 1. The van der Waals surface area contributed by atoms with E-state index >= 15 is 0 Å². The Balaban J connectivity index is 1.66. The van der Waals surface area contributed by atoms with Crippen LogP contribution in [0.1, 0.15) is 48.2 Å². The van der Waals surface area contributed by atoms with E-state index in [0.717, 1.165) is 24.0 Å². The van der Waals surface area contributed by atoms with Gasteiger partial charge < -0.3 is 15.2 Å². The quantitative estimate of drug-likeness (QED) is 0.723. The molecule has 0 unspecified atom stereocenters. The summed E-state index contributed by atoms with van der Waals surface area (Å²) in [5.41, 5.74) is 1.45. The molecule has 148 valence electrons. The second-order valence-electron chi connectivity index (χ2n) is 7.56. The molecule has 2 aromatic rings. The van der Waals surface area contributed by atoms with Gasteiger partial charge in [0.2, 0.25) is 5.91 Å². The molecule has 28 heavy (non-hydrogen) atoms. The first-order chi connectivity index (χ1) is 13.3. The molecule has 1 aliphatic rings. The van der Waals surface area contributed by atoms with Crippen LogP contribution in [-0.2, 0) is 21.7 Å². The summed E-state index contributed by atoms with van der Waals surface area (Å²) in [5, 5.41) is 12.1. The van der Waals surface area contributed by atoms with Gasteiger partial charge in [0.05, 0.1) is 17.7 Å². The van der Waals surface area contributed by atoms with E-state index in [1.165, 1.54) is 12.1 Å². The highest BCUT2D eigenvalue weighted by Crippen LogP contribution is 2.45. The van der Waals surface area contributed by atoms with Crippen LogP contribution in [0.2, 0.25) is 0 Å². The maximum atomic E-state index is 13.0. The van der Waals surface area contributed by atoms with Crippen LogP contribution in [0.25, 0.3) is 0 Å². The predicted octanol–water partition coefficient (Wildman–Crippen LogP) is 3.87. The molecule has 1 saturated carbocycles. The van der Waals surface area contributed by atoms with Crippen molar-refractivity contribution in [1.29, 1.82) is 0 Å². The summed E-state index contributed by atoms with van der Waals surface area (Å²) in [7, 11) is 0. The molecule has 1 fully saturated rings. The van der Waals surface area contributed by atoms with Gasteiger partial charge in [0, 0.05) is 0 Å². The van der Waals surface area contributed by atoms with E-state index < -0.39 is 17.6 Å². The summed E-state index contributed by atoms with van der Waals surface area (Å²) < 4.78 is 18.9. The van der Waals surface area contributed by atoms with Gasteiger partial charge in [0.15, 0.2) is 0 Å². The molecule has 2 N–H and O–H groups in total. The summed E-state index contributed by atoms with van der Waals surface area (Å²) in [4.78, 5) is 23.9. The van der Waals surface area contributed by atoms with Crippen molar-refractivity contribution in [3.05, 3.63) is 71.0 Å². The number of hydrogen-bond acceptors (Lipinski definition) is 3. The van der Waals surface area contributed by atoms with Crippen molar-refractivity contribution in [3.8, 4) is 0 Å². The van der Waals surface area contributed by atoms with Crippen molar-refractivity contribution < 1.29 is 23.8 Å². The summed E-state index contributed by atoms with van der Waals surface area (Å²) in [6.07, 6.45) is 0.961. The zero-order valence-electron chi connectivity index (χ0n) is 15.9. The lowest BCUT2D eigenvalue weighted by atomic mass is 10.0. The van der Waals surface area contributed by atoms with Gasteiger partial charge in [-0.15, -0.1) is 0 Å². The van der Waals surface area contributed by atoms with Gasteiger partial charge in [-0.05, 0) is 54.2 Å². The molecule has 0 aliphatic heterocycles. The van der Waals surface area contributed by atoms with Gasteiger partial charge in [-0.1, -0.05) is 38.1 Å². The molecule has 0 bridgehead atoms. The van der Waals surface area contributed by atoms with Crippen LogP contribution in [0.5, 0.6) is 0 Å². The number of nitrogens with one attached hydrogen (secondary N) is 1. The van der Waals surface area contributed by atoms with Crippen molar-refractivity contribution in [1.82, 2.24) is 5.32 Å². The molecule has 0 heterocycles. The first-order valence-corrected chi connectivity index (χ1v) is 9.33. The summed E-state index contributed by atoms with van der Waals surface area (Å²) in [6.45, 7) is 4.04. The van der Waals surface area contributed by atoms with E-state index in [9.17, 15) is 14.0 Å². The molecule has 6 heteroatoms. The molecule has 0 radical (unpaired) electrons. The predicted molar refractivity (Wildman–Crippen MR) is 102 cm³/mol. The molecule has 0 spiro atoms. The molecule has 0 aromatic heterocycles. The molecule has 2 aromatic carbocycles. The molecule has 0 saturated heterocycles. The number of hydrogen-bond donors (Lipinski definition) is 2. The zero-order chi connectivity index (χ0) is 20.3. The SMILES string of the molecule is CC(C)[C@@H](OCc1ccc(F)cc1)C(=O)NC1(c2ccc(C(=O)O)cc2)CC1. The van der Waals surface area contributed by atoms with E-state index in [0.29, 0.717) is 0 Å². The first kappa shape index (κ1) is 20.0. The normalized spacial score (nSPS) is 15.9. The van der Waals surface area contributed by atoms with Gasteiger partial charge in [-0.25, -0.2) is 9.18 Å². The third-order valence-electron chi connectivity index (χ3n) is 5.00. The molecule has 1 atom stereocenters. The monoisotopic (exact) mass is 385 g/mol. The Kier molecular flexibility index (Phi) is 5.79. The highest BCUT2D eigenvalue weighted by atomic mass is 19.1. The summed E-state index contributed by atoms with van der Waals surface area (Å²) >= 11 is 0. The summed E-state index contributed by atoms with van der Waals surface area (Å²) in [5.74, 6) is -1.52. The number of carboxylic acid groups (broad SMARTS) is 1. The van der Waals surface area contributed by atoms with E-state index in [4.69, 9.17) is 9.84 Å². The van der Waals surface area contributed by atoms with Crippen LogP contribution < -0.4 is 5.32 Å². The minimum absolute atomic E-state index is 0.0364. The van der Waals surface area contributed by atoms with Gasteiger partial charge in [-0.3, -0.25) is 4.79 Å². The van der Waals surface area contributed by atoms with Crippen LogP contribution >= 0.6 is 0 Å². The molecule has 1 amide bonds. The third-order valence-corrected chi connectivity index (χ3v) is 5.00. The number of rotatable bonds is 8. The molecule has 1 aliphatic carbocycles. The Labute approximate surface area is 163 Å². The fraction of sp³-hybridized carbons (Fsp3) is 0.364. The molecular formula is C22H24FNO4. The van der Waals surface area contributed by atoms with E-state index in [1.807, 2.05) is 13.8 Å². The highest BCUT2D eigenvalue weighted by molar-refractivity contribution is 5.87. The second-order valence-corrected chi connectivity index (χ2v) is 7.56. The summed E-state index contributed by atoms with van der Waals surface area (Å²) in [6, 6.07) is 12.6. The molecular weight excluding hydrogens is 361 g/mol. The molecule has 3 rings (SSSR count). The van der Waals surface area contributed by atoms with Crippen molar-refractivity contribution in [2.75, 3.05) is 0 Å². The van der Waals surface area contributed by atoms with Gasteiger partial charge in [0.25, 0.3) is 0 Å². The number of benzene rings is 2. The van der Waals surface area contributed by atoms with Crippen molar-refractivity contribution in [3.63, 3.8) is 0 Å². The molecule has 5 nitrogen and oxygen atoms in total. The highest BCUT2D eigenvalue weighted by Gasteiger charge is 2.46. The first-order valence-electron chi connectivity index (χ1n) is 9.33. The fourth-order valence-corrected chi connectivity index (χ4v) is 3.19. The average Bonchev–Trinajstić information content (AvgIpc) is 3.44. The lowest BCUT2D eigenvalue weighted by molar-refractivity contribution is -0.137. The second kappa shape index (κ2) is 8.10. The Morgan fingerprint density at radius 3 is 2.21 bits per heavy atom. The van der Waals surface area contributed by atoms with Crippen molar-refractivity contribution in [2.45, 2.75) is 44.9 Å². The third kappa shape index (κ3) is 4.57. The maximum Gasteiger partial charge on any atom is 0.335 e. The minimum Gasteiger partial charge on any atom is -0.478 e. The van der Waals surface area contributed by atoms with Crippen LogP contribution in [0.4, 0.5) is 4.39 Å². The number of aromatic carboxylic acids is 1. The van der Waals surface area contributed by atoms with E-state index in [1.54, 1.807) is 36.4 Å². The lowest BCUT2D eigenvalue weighted by Gasteiger charge is -2.25. The van der Waals surface area contributed by atoms with E-state index in [-0.39, 0.29) is 29.8 Å². The smallest absolute Gasteiger partial charge is 0.335 e. The Morgan fingerprint density at radius 2 is 1.71 bits per heavy atom. The Morgan fingerprint density at radius 1 is 1.11 bits per heavy atom. The van der Waals surface area contributed by atoms with Crippen LogP contribution in [0, 0.1) is 11.7 Å². The van der Waals surface area contributed by atoms with Crippen LogP contribution in [-0.4, -0.2) is 23.1 Å². The van der Waals surface area contributed by atoms with Gasteiger partial charge in [0.1, 0.15) is 11.9 Å². The van der Waals surface area contributed by atoms with Crippen molar-refractivity contribution >= 4 is 11.9 Å². The number of carboxylic acids is 1. The fourth-order valence-electron chi connectivity index (χ4n) is 3.19. The average molecular weight is 385 g/mol. The standard InChI is InChI=1S/C22H24FNO4/c1-14(2)19(28-13-15-3-9-18(23)10-4-15)20(25)24-22(11-12-22)17-7-5-16(6-8-17)21(26)27/h3-10,14,19H,11-13H2,1-2H3,(H,24,25)(H,26,27)/t19-/m1/s1. The van der Waals surface area contributed by atoms with Crippen LogP contribution in [0.15, 0.2) is 48.5 Å². The zero-order valence-corrected chi connectivity index (χ0v) is 15.9. The van der Waals surface area contributed by atoms with E-state index in [2.05, 4.69) is 5.32 Å². The topological polar surface area (TPSA) is 75.6 Å². The number of carbonyl (C=O) groups is 2.